The molecule has 1 aromatic carbocycles. The molecule has 0 fully saturated rings. The summed E-state index contributed by atoms with van der Waals surface area (Å²) >= 11 is 0. The Morgan fingerprint density at radius 1 is 1.23 bits per heavy atom. The van der Waals surface area contributed by atoms with Crippen LogP contribution in [-0.4, -0.2) is 64.0 Å². The molecule has 0 aliphatic rings. The van der Waals surface area contributed by atoms with E-state index in [1.54, 1.807) is 14.2 Å². The highest BCUT2D eigenvalue weighted by molar-refractivity contribution is 5.78. The van der Waals surface area contributed by atoms with E-state index in [1.807, 2.05) is 25.1 Å². The first kappa shape index (κ1) is 22.1. The van der Waals surface area contributed by atoms with Crippen molar-refractivity contribution in [1.29, 1.82) is 0 Å². The predicted molar refractivity (Wildman–Crippen MR) is 106 cm³/mol. The SMILES string of the molecule is CCN(CC)CCOc1ccc(CN=C(N)NC(C)COC)cc1OC. The number of aliphatic imine (C=N–C) groups is 1. The minimum Gasteiger partial charge on any atom is -0.493 e. The Labute approximate surface area is 157 Å². The third-order valence-electron chi connectivity index (χ3n) is 4.03. The van der Waals surface area contributed by atoms with Gasteiger partial charge in [0.15, 0.2) is 17.5 Å². The normalized spacial score (nSPS) is 12.9. The summed E-state index contributed by atoms with van der Waals surface area (Å²) in [5.41, 5.74) is 6.90. The zero-order chi connectivity index (χ0) is 19.4. The number of nitrogens with two attached hydrogens (primary N) is 1. The summed E-state index contributed by atoms with van der Waals surface area (Å²) in [6.07, 6.45) is 0. The zero-order valence-corrected chi connectivity index (χ0v) is 16.7. The van der Waals surface area contributed by atoms with Gasteiger partial charge in [0, 0.05) is 19.7 Å². The molecule has 1 unspecified atom stereocenters. The van der Waals surface area contributed by atoms with E-state index in [1.165, 1.54) is 0 Å². The molecule has 7 nitrogen and oxygen atoms in total. The Kier molecular flexibility index (Phi) is 10.5. The standard InChI is InChI=1S/C19H34N4O3/c1-6-23(7-2)10-11-26-17-9-8-16(12-18(17)25-5)13-21-19(20)22-15(3)14-24-4/h8-9,12,15H,6-7,10-11,13-14H2,1-5H3,(H3,20,21,22). The molecule has 1 aromatic rings. The van der Waals surface area contributed by atoms with Crippen molar-refractivity contribution in [3.8, 4) is 11.5 Å². The van der Waals surface area contributed by atoms with Gasteiger partial charge in [0.05, 0.1) is 20.3 Å². The molecule has 0 amide bonds. The highest BCUT2D eigenvalue weighted by Gasteiger charge is 2.07. The van der Waals surface area contributed by atoms with Crippen LogP contribution in [0.5, 0.6) is 11.5 Å². The Morgan fingerprint density at radius 3 is 2.58 bits per heavy atom. The van der Waals surface area contributed by atoms with Gasteiger partial charge < -0.3 is 30.2 Å². The van der Waals surface area contributed by atoms with Gasteiger partial charge >= 0.3 is 0 Å². The largest absolute Gasteiger partial charge is 0.493 e. The Balaban J connectivity index is 2.61. The van der Waals surface area contributed by atoms with Crippen LogP contribution in [0, 0.1) is 0 Å². The molecule has 0 saturated heterocycles. The lowest BCUT2D eigenvalue weighted by molar-refractivity contribution is 0.179. The average molecular weight is 367 g/mol. The monoisotopic (exact) mass is 366 g/mol. The van der Waals surface area contributed by atoms with Crippen LogP contribution < -0.4 is 20.5 Å². The summed E-state index contributed by atoms with van der Waals surface area (Å²) < 4.78 is 16.4. The molecular formula is C19H34N4O3. The zero-order valence-electron chi connectivity index (χ0n) is 16.7. The molecule has 7 heteroatoms. The van der Waals surface area contributed by atoms with E-state index >= 15 is 0 Å². The lowest BCUT2D eigenvalue weighted by Gasteiger charge is -2.19. The van der Waals surface area contributed by atoms with E-state index < -0.39 is 0 Å². The highest BCUT2D eigenvalue weighted by Crippen LogP contribution is 2.28. The van der Waals surface area contributed by atoms with Crippen molar-refractivity contribution < 1.29 is 14.2 Å². The first-order valence-corrected chi connectivity index (χ1v) is 9.11. The summed E-state index contributed by atoms with van der Waals surface area (Å²) in [4.78, 5) is 6.67. The molecule has 148 valence electrons. The highest BCUT2D eigenvalue weighted by atomic mass is 16.5. The third kappa shape index (κ3) is 7.93. The summed E-state index contributed by atoms with van der Waals surface area (Å²) in [7, 11) is 3.30. The summed E-state index contributed by atoms with van der Waals surface area (Å²) in [6.45, 7) is 10.9. The van der Waals surface area contributed by atoms with Gasteiger partial charge in [0.2, 0.25) is 0 Å². The van der Waals surface area contributed by atoms with Crippen LogP contribution in [0.3, 0.4) is 0 Å². The quantitative estimate of drug-likeness (QED) is 0.434. The molecule has 0 aromatic heterocycles. The third-order valence-corrected chi connectivity index (χ3v) is 4.03. The maximum absolute atomic E-state index is 5.90. The molecular weight excluding hydrogens is 332 g/mol. The first-order valence-electron chi connectivity index (χ1n) is 9.11. The van der Waals surface area contributed by atoms with E-state index in [9.17, 15) is 0 Å². The molecule has 0 radical (unpaired) electrons. The molecule has 0 aliphatic heterocycles. The van der Waals surface area contributed by atoms with Gasteiger partial charge in [-0.1, -0.05) is 19.9 Å². The Bertz CT molecular complexity index is 548. The molecule has 0 spiro atoms. The number of methoxy groups -OCH3 is 2. The Morgan fingerprint density at radius 2 is 1.96 bits per heavy atom. The maximum Gasteiger partial charge on any atom is 0.189 e. The maximum atomic E-state index is 5.90. The van der Waals surface area contributed by atoms with Crippen molar-refractivity contribution >= 4 is 5.96 Å². The van der Waals surface area contributed by atoms with Crippen LogP contribution in [0.4, 0.5) is 0 Å². The van der Waals surface area contributed by atoms with Gasteiger partial charge in [-0.25, -0.2) is 4.99 Å². The van der Waals surface area contributed by atoms with Crippen LogP contribution >= 0.6 is 0 Å². The molecule has 3 N–H and O–H groups in total. The second kappa shape index (κ2) is 12.4. The lowest BCUT2D eigenvalue weighted by atomic mass is 10.2. The molecule has 1 rings (SSSR count). The number of hydrogen-bond acceptors (Lipinski definition) is 5. The van der Waals surface area contributed by atoms with Crippen molar-refractivity contribution in [2.45, 2.75) is 33.4 Å². The lowest BCUT2D eigenvalue weighted by Crippen LogP contribution is -2.40. The van der Waals surface area contributed by atoms with Crippen LogP contribution in [0.25, 0.3) is 0 Å². The summed E-state index contributed by atoms with van der Waals surface area (Å²) in [6, 6.07) is 5.94. The fraction of sp³-hybridized carbons (Fsp3) is 0.632. The first-order chi connectivity index (χ1) is 12.5. The van der Waals surface area contributed by atoms with E-state index in [4.69, 9.17) is 19.9 Å². The summed E-state index contributed by atoms with van der Waals surface area (Å²) in [5, 5.41) is 3.08. The van der Waals surface area contributed by atoms with Crippen molar-refractivity contribution in [3.05, 3.63) is 23.8 Å². The number of benzene rings is 1. The average Bonchev–Trinajstić information content (AvgIpc) is 2.64. The van der Waals surface area contributed by atoms with Gasteiger partial charge in [0.25, 0.3) is 0 Å². The van der Waals surface area contributed by atoms with Crippen LogP contribution in [0.1, 0.15) is 26.3 Å². The second-order valence-corrected chi connectivity index (χ2v) is 6.06. The number of guanidine groups is 1. The number of nitrogens with zero attached hydrogens (tertiary/aromatic N) is 2. The minimum absolute atomic E-state index is 0.111. The number of rotatable bonds is 12. The number of nitrogens with one attached hydrogen (secondary N) is 1. The molecule has 26 heavy (non-hydrogen) atoms. The van der Waals surface area contributed by atoms with Gasteiger partial charge in [-0.2, -0.15) is 0 Å². The summed E-state index contributed by atoms with van der Waals surface area (Å²) in [5.74, 6) is 1.84. The fourth-order valence-electron chi connectivity index (χ4n) is 2.52. The molecule has 1 atom stereocenters. The number of hydrogen-bond donors (Lipinski definition) is 2. The topological polar surface area (TPSA) is 81.3 Å². The minimum atomic E-state index is 0.111. The number of ether oxygens (including phenoxy) is 3. The predicted octanol–water partition coefficient (Wildman–Crippen LogP) is 1.86. The van der Waals surface area contributed by atoms with E-state index in [2.05, 4.69) is 29.1 Å². The van der Waals surface area contributed by atoms with Crippen molar-refractivity contribution in [2.24, 2.45) is 10.7 Å². The Hall–Kier alpha value is -1.99. The molecule has 0 aliphatic carbocycles. The molecule has 0 saturated carbocycles. The van der Waals surface area contributed by atoms with E-state index in [0.29, 0.717) is 31.5 Å². The van der Waals surface area contributed by atoms with Crippen LogP contribution in [-0.2, 0) is 11.3 Å². The van der Waals surface area contributed by atoms with Crippen molar-refractivity contribution in [1.82, 2.24) is 10.2 Å². The van der Waals surface area contributed by atoms with Crippen LogP contribution in [0.2, 0.25) is 0 Å². The number of likely N-dealkylation sites (N-methyl/N-ethyl adjacent to an activating group) is 1. The van der Waals surface area contributed by atoms with Crippen molar-refractivity contribution in [3.63, 3.8) is 0 Å². The second-order valence-electron chi connectivity index (χ2n) is 6.06. The van der Waals surface area contributed by atoms with Gasteiger partial charge in [-0.15, -0.1) is 0 Å². The van der Waals surface area contributed by atoms with Crippen molar-refractivity contribution in [2.75, 3.05) is 47.1 Å². The van der Waals surface area contributed by atoms with Crippen LogP contribution in [0.15, 0.2) is 23.2 Å². The van der Waals surface area contributed by atoms with E-state index in [0.717, 1.165) is 30.9 Å². The smallest absolute Gasteiger partial charge is 0.189 e. The van der Waals surface area contributed by atoms with Gasteiger partial charge in [-0.3, -0.25) is 0 Å². The van der Waals surface area contributed by atoms with Gasteiger partial charge in [-0.05, 0) is 37.7 Å². The van der Waals surface area contributed by atoms with Gasteiger partial charge in [0.1, 0.15) is 6.61 Å². The molecule has 0 bridgehead atoms. The fourth-order valence-corrected chi connectivity index (χ4v) is 2.52. The van der Waals surface area contributed by atoms with E-state index in [-0.39, 0.29) is 6.04 Å². The molecule has 0 heterocycles.